The van der Waals surface area contributed by atoms with Crippen LogP contribution in [-0.4, -0.2) is 11.1 Å². The molecule has 1 rings (SSSR count). The van der Waals surface area contributed by atoms with Gasteiger partial charge in [-0.05, 0) is 24.3 Å². The highest BCUT2D eigenvalue weighted by Crippen LogP contribution is 2.08. The first-order valence-electron chi connectivity index (χ1n) is 7.82. The average Bonchev–Trinajstić information content (AvgIpc) is 2.39. The maximum absolute atomic E-state index is 9.81. The largest absolute Gasteiger partial charge is 0.481 e. The van der Waals surface area contributed by atoms with Crippen molar-refractivity contribution >= 4 is 5.97 Å². The molecule has 114 valence electrons. The molecule has 20 heavy (non-hydrogen) atoms. The van der Waals surface area contributed by atoms with Gasteiger partial charge in [0.1, 0.15) is 0 Å². The molecule has 0 atom stereocenters. The molecule has 0 unspecified atom stereocenters. The maximum Gasteiger partial charge on any atom is 0.303 e. The zero-order valence-electron chi connectivity index (χ0n) is 13.3. The molecule has 2 heteroatoms. The first-order chi connectivity index (χ1) is 9.56. The van der Waals surface area contributed by atoms with Crippen molar-refractivity contribution in [2.45, 2.75) is 65.7 Å². The van der Waals surface area contributed by atoms with Crippen LogP contribution in [0.2, 0.25) is 0 Å². The van der Waals surface area contributed by atoms with E-state index in [2.05, 4.69) is 37.3 Å². The van der Waals surface area contributed by atoms with Crippen LogP contribution in [0.5, 0.6) is 0 Å². The summed E-state index contributed by atoms with van der Waals surface area (Å²) in [4.78, 5) is 9.81. The van der Waals surface area contributed by atoms with Crippen LogP contribution in [0.1, 0.15) is 64.9 Å². The Morgan fingerprint density at radius 2 is 1.65 bits per heavy atom. The van der Waals surface area contributed by atoms with E-state index in [9.17, 15) is 4.79 Å². The van der Waals surface area contributed by atoms with Gasteiger partial charge in [0.15, 0.2) is 0 Å². The van der Waals surface area contributed by atoms with Crippen molar-refractivity contribution in [3.05, 3.63) is 35.9 Å². The van der Waals surface area contributed by atoms with Gasteiger partial charge in [-0.15, -0.1) is 0 Å². The third-order valence-electron chi connectivity index (χ3n) is 2.99. The second-order valence-electron chi connectivity index (χ2n) is 5.64. The molecule has 0 radical (unpaired) electrons. The summed E-state index contributed by atoms with van der Waals surface area (Å²) >= 11 is 0. The lowest BCUT2D eigenvalue weighted by Crippen LogP contribution is -1.99. The van der Waals surface area contributed by atoms with E-state index in [1.165, 1.54) is 44.1 Å². The highest BCUT2D eigenvalue weighted by molar-refractivity contribution is 5.66. The van der Waals surface area contributed by atoms with Gasteiger partial charge in [0.2, 0.25) is 0 Å². The average molecular weight is 278 g/mol. The van der Waals surface area contributed by atoms with Crippen molar-refractivity contribution in [2.75, 3.05) is 0 Å². The van der Waals surface area contributed by atoms with Crippen LogP contribution >= 0.6 is 0 Å². The molecular formula is C18H30O2. The van der Waals surface area contributed by atoms with Crippen LogP contribution in [-0.2, 0) is 11.2 Å². The third kappa shape index (κ3) is 13.1. The summed E-state index contributed by atoms with van der Waals surface area (Å²) < 4.78 is 0. The summed E-state index contributed by atoms with van der Waals surface area (Å²) in [6.07, 6.45) is 8.42. The molecule has 0 aromatic heterocycles. The number of unbranched alkanes of at least 4 members (excludes halogenated alkanes) is 4. The molecule has 0 heterocycles. The van der Waals surface area contributed by atoms with E-state index in [0.29, 0.717) is 0 Å². The molecule has 0 aliphatic rings. The SMILES string of the molecule is CC(C)CC(=O)O.CCCCCCCc1ccccc1. The molecule has 0 saturated heterocycles. The van der Waals surface area contributed by atoms with E-state index in [4.69, 9.17) is 5.11 Å². The molecule has 0 aliphatic carbocycles. The Bertz CT molecular complexity index is 331. The first-order valence-corrected chi connectivity index (χ1v) is 7.82. The maximum atomic E-state index is 9.81. The van der Waals surface area contributed by atoms with Crippen molar-refractivity contribution < 1.29 is 9.90 Å². The molecule has 1 aromatic carbocycles. The summed E-state index contributed by atoms with van der Waals surface area (Å²) in [5, 5.41) is 8.08. The predicted octanol–water partition coefficient (Wildman–Crippen LogP) is 5.32. The van der Waals surface area contributed by atoms with Crippen LogP contribution in [0.4, 0.5) is 0 Å². The lowest BCUT2D eigenvalue weighted by atomic mass is 10.1. The fourth-order valence-electron chi connectivity index (χ4n) is 1.93. The number of rotatable bonds is 8. The zero-order valence-corrected chi connectivity index (χ0v) is 13.3. The van der Waals surface area contributed by atoms with Crippen molar-refractivity contribution in [1.29, 1.82) is 0 Å². The van der Waals surface area contributed by atoms with Crippen LogP contribution in [0, 0.1) is 5.92 Å². The summed E-state index contributed by atoms with van der Waals surface area (Å²) in [6, 6.07) is 10.8. The number of hydrogen-bond donors (Lipinski definition) is 1. The zero-order chi connectivity index (χ0) is 15.2. The summed E-state index contributed by atoms with van der Waals surface area (Å²) in [6.45, 7) is 6.03. The Labute approximate surface area is 124 Å². The molecule has 0 amide bonds. The smallest absolute Gasteiger partial charge is 0.303 e. The van der Waals surface area contributed by atoms with E-state index in [0.717, 1.165) is 0 Å². The van der Waals surface area contributed by atoms with Gasteiger partial charge in [-0.1, -0.05) is 76.8 Å². The topological polar surface area (TPSA) is 37.3 Å². The van der Waals surface area contributed by atoms with Crippen molar-refractivity contribution in [2.24, 2.45) is 5.92 Å². The lowest BCUT2D eigenvalue weighted by Gasteiger charge is -2.00. The lowest BCUT2D eigenvalue weighted by molar-refractivity contribution is -0.137. The minimum Gasteiger partial charge on any atom is -0.481 e. The highest BCUT2D eigenvalue weighted by atomic mass is 16.4. The van der Waals surface area contributed by atoms with Crippen LogP contribution in [0.25, 0.3) is 0 Å². The number of aliphatic carboxylic acids is 1. The number of hydrogen-bond acceptors (Lipinski definition) is 1. The number of aryl methyl sites for hydroxylation is 1. The molecule has 0 fully saturated rings. The van der Waals surface area contributed by atoms with Gasteiger partial charge in [-0.3, -0.25) is 4.79 Å². The summed E-state index contributed by atoms with van der Waals surface area (Å²) in [7, 11) is 0. The highest BCUT2D eigenvalue weighted by Gasteiger charge is 1.98. The predicted molar refractivity (Wildman–Crippen MR) is 86.0 cm³/mol. The molecule has 0 spiro atoms. The standard InChI is InChI=1S/C13H20.C5H10O2/c1-2-3-4-5-7-10-13-11-8-6-9-12-13;1-4(2)3-5(6)7/h6,8-9,11-12H,2-5,7,10H2,1H3;4H,3H2,1-2H3,(H,6,7). The van der Waals surface area contributed by atoms with E-state index >= 15 is 0 Å². The Morgan fingerprint density at radius 1 is 1.05 bits per heavy atom. The monoisotopic (exact) mass is 278 g/mol. The van der Waals surface area contributed by atoms with E-state index < -0.39 is 5.97 Å². The Balaban J connectivity index is 0.000000441. The molecule has 0 saturated carbocycles. The van der Waals surface area contributed by atoms with Crippen molar-refractivity contribution in [1.82, 2.24) is 0 Å². The Kier molecular flexibility index (Phi) is 11.9. The molecular weight excluding hydrogens is 248 g/mol. The minimum absolute atomic E-state index is 0.275. The normalized spacial score (nSPS) is 10.0. The minimum atomic E-state index is -0.713. The van der Waals surface area contributed by atoms with Gasteiger partial charge in [-0.25, -0.2) is 0 Å². The molecule has 1 aromatic rings. The Morgan fingerprint density at radius 3 is 2.10 bits per heavy atom. The second kappa shape index (κ2) is 12.7. The van der Waals surface area contributed by atoms with Gasteiger partial charge in [0, 0.05) is 6.42 Å². The van der Waals surface area contributed by atoms with Gasteiger partial charge < -0.3 is 5.11 Å². The number of benzene rings is 1. The fourth-order valence-corrected chi connectivity index (χ4v) is 1.93. The number of carboxylic acid groups (broad SMARTS) is 1. The number of carboxylic acids is 1. The second-order valence-corrected chi connectivity index (χ2v) is 5.64. The van der Waals surface area contributed by atoms with Crippen LogP contribution in [0.15, 0.2) is 30.3 Å². The fraction of sp³-hybridized carbons (Fsp3) is 0.611. The molecule has 2 nitrogen and oxygen atoms in total. The van der Waals surface area contributed by atoms with Gasteiger partial charge >= 0.3 is 5.97 Å². The molecule has 1 N–H and O–H groups in total. The molecule has 0 aliphatic heterocycles. The third-order valence-corrected chi connectivity index (χ3v) is 2.99. The van der Waals surface area contributed by atoms with Crippen LogP contribution < -0.4 is 0 Å². The molecule has 0 bridgehead atoms. The summed E-state index contributed by atoms with van der Waals surface area (Å²) in [5.41, 5.74) is 1.49. The summed E-state index contributed by atoms with van der Waals surface area (Å²) in [5.74, 6) is -0.438. The van der Waals surface area contributed by atoms with Gasteiger partial charge in [0.05, 0.1) is 0 Å². The Hall–Kier alpha value is -1.31. The van der Waals surface area contributed by atoms with Gasteiger partial charge in [0.25, 0.3) is 0 Å². The van der Waals surface area contributed by atoms with Gasteiger partial charge in [-0.2, -0.15) is 0 Å². The van der Waals surface area contributed by atoms with E-state index in [1.807, 2.05) is 13.8 Å². The quantitative estimate of drug-likeness (QED) is 0.654. The van der Waals surface area contributed by atoms with E-state index in [-0.39, 0.29) is 12.3 Å². The van der Waals surface area contributed by atoms with Crippen molar-refractivity contribution in [3.63, 3.8) is 0 Å². The van der Waals surface area contributed by atoms with Crippen molar-refractivity contribution in [3.8, 4) is 0 Å². The first kappa shape index (κ1) is 18.7. The number of carbonyl (C=O) groups is 1. The van der Waals surface area contributed by atoms with E-state index in [1.54, 1.807) is 0 Å². The van der Waals surface area contributed by atoms with Crippen LogP contribution in [0.3, 0.4) is 0 Å².